The van der Waals surface area contributed by atoms with E-state index < -0.39 is 17.4 Å². The van der Waals surface area contributed by atoms with E-state index in [0.29, 0.717) is 5.16 Å². The van der Waals surface area contributed by atoms with Crippen LogP contribution in [0.2, 0.25) is 37.4 Å². The predicted octanol–water partition coefficient (Wildman–Crippen LogP) is 0.861. The minimum Gasteiger partial charge on any atom is -0.458 e. The molecule has 0 bridgehead atoms. The molecule has 0 aromatic carbocycles. The van der Waals surface area contributed by atoms with Crippen LogP contribution in [0.3, 0.4) is 0 Å². The van der Waals surface area contributed by atoms with Gasteiger partial charge in [-0.2, -0.15) is 0 Å². The van der Waals surface area contributed by atoms with Gasteiger partial charge in [-0.1, -0.05) is 12.5 Å². The zero-order valence-electron chi connectivity index (χ0n) is 8.98. The largest absolute Gasteiger partial charge is 0.458 e. The van der Waals surface area contributed by atoms with Gasteiger partial charge in [0.15, 0.2) is 17.4 Å². The van der Waals surface area contributed by atoms with Crippen LogP contribution in [0.15, 0.2) is 0 Å². The van der Waals surface area contributed by atoms with E-state index >= 15 is 0 Å². The molecule has 0 aromatic rings. The van der Waals surface area contributed by atoms with Crippen LogP contribution < -0.4 is 0 Å². The fourth-order valence-electron chi connectivity index (χ4n) is 1.19. The van der Waals surface area contributed by atoms with E-state index in [4.69, 9.17) is 4.12 Å². The first-order valence-electron chi connectivity index (χ1n) is 4.75. The Labute approximate surface area is 86.0 Å². The Bertz CT molecular complexity index is 123. The second kappa shape index (κ2) is 5.54. The molecule has 0 fully saturated rings. The maximum Gasteiger partial charge on any atom is 0.170 e. The molecule has 1 nitrogen and oxygen atoms in total. The normalized spacial score (nSPS) is 17.8. The van der Waals surface area contributed by atoms with E-state index in [1.165, 1.54) is 22.7 Å². The summed E-state index contributed by atoms with van der Waals surface area (Å²) in [6.07, 6.45) is 1.32. The molecule has 2 unspecified atom stereocenters. The lowest BCUT2D eigenvalue weighted by Crippen LogP contribution is -2.36. The zero-order valence-corrected chi connectivity index (χ0v) is 14.1. The highest BCUT2D eigenvalue weighted by Gasteiger charge is 2.22. The van der Waals surface area contributed by atoms with Crippen LogP contribution in [0.1, 0.15) is 6.42 Å². The summed E-state index contributed by atoms with van der Waals surface area (Å²) in [5, 5.41) is 0.689. The molecule has 0 N–H and O–H groups in total. The molecular formula is C7H21OSi4. The Morgan fingerprint density at radius 1 is 1.50 bits per heavy atom. The molecule has 5 heteroatoms. The van der Waals surface area contributed by atoms with E-state index in [-0.39, 0.29) is 0 Å². The first kappa shape index (κ1) is 12.8. The smallest absolute Gasteiger partial charge is 0.170 e. The molecule has 0 rings (SSSR count). The maximum absolute atomic E-state index is 6.10. The molecule has 0 spiro atoms. The fraction of sp³-hybridized carbons (Fsp3) is 1.00. The molecule has 12 heavy (non-hydrogen) atoms. The van der Waals surface area contributed by atoms with E-state index in [0.717, 1.165) is 0 Å². The van der Waals surface area contributed by atoms with Crippen molar-refractivity contribution in [1.29, 1.82) is 0 Å². The lowest BCUT2D eigenvalue weighted by Gasteiger charge is -2.26. The Hall–Kier alpha value is 0.828. The Morgan fingerprint density at radius 2 is 2.00 bits per heavy atom. The average molecular weight is 234 g/mol. The lowest BCUT2D eigenvalue weighted by molar-refractivity contribution is 0.566. The molecule has 0 aliphatic heterocycles. The van der Waals surface area contributed by atoms with Crippen LogP contribution in [0.4, 0.5) is 0 Å². The molecule has 2 atom stereocenters. The van der Waals surface area contributed by atoms with Gasteiger partial charge in [-0.3, -0.25) is 0 Å². The summed E-state index contributed by atoms with van der Waals surface area (Å²) in [5.74, 6) is 0. The van der Waals surface area contributed by atoms with Crippen molar-refractivity contribution in [2.75, 3.05) is 0 Å². The van der Waals surface area contributed by atoms with Crippen molar-refractivity contribution in [1.82, 2.24) is 0 Å². The molecule has 0 amide bonds. The van der Waals surface area contributed by atoms with Crippen LogP contribution in [0, 0.1) is 0 Å². The summed E-state index contributed by atoms with van der Waals surface area (Å²) in [5.41, 5.74) is 0. The van der Waals surface area contributed by atoms with Crippen molar-refractivity contribution in [3.8, 4) is 0 Å². The Kier molecular flexibility index (Phi) is 5.92. The van der Waals surface area contributed by atoms with Gasteiger partial charge in [0.2, 0.25) is 0 Å². The second-order valence-electron chi connectivity index (χ2n) is 4.33. The summed E-state index contributed by atoms with van der Waals surface area (Å²) in [4.78, 5) is 0. The quantitative estimate of drug-likeness (QED) is 0.640. The highest BCUT2D eigenvalue weighted by Crippen LogP contribution is 2.17. The topological polar surface area (TPSA) is 9.23 Å². The molecule has 0 heterocycles. The number of hydrogen-bond acceptors (Lipinski definition) is 1. The van der Waals surface area contributed by atoms with Crippen molar-refractivity contribution >= 4 is 37.8 Å². The van der Waals surface area contributed by atoms with Gasteiger partial charge in [-0.25, -0.2) is 0 Å². The van der Waals surface area contributed by atoms with Gasteiger partial charge in [0.1, 0.15) is 0 Å². The average Bonchev–Trinajstić information content (AvgIpc) is 1.84. The van der Waals surface area contributed by atoms with Crippen LogP contribution >= 0.6 is 0 Å². The van der Waals surface area contributed by atoms with Gasteiger partial charge in [-0.15, -0.1) is 0 Å². The summed E-state index contributed by atoms with van der Waals surface area (Å²) in [6.45, 7) is 9.13. The number of rotatable bonds is 5. The van der Waals surface area contributed by atoms with E-state index in [1.807, 2.05) is 0 Å². The second-order valence-corrected chi connectivity index (χ2v) is 14.1. The van der Waals surface area contributed by atoms with Crippen molar-refractivity contribution in [2.24, 2.45) is 0 Å². The summed E-state index contributed by atoms with van der Waals surface area (Å²) in [7, 11) is 2.90. The van der Waals surface area contributed by atoms with Crippen molar-refractivity contribution in [3.63, 3.8) is 0 Å². The zero-order chi connectivity index (χ0) is 9.78. The first-order valence-corrected chi connectivity index (χ1v) is 12.4. The molecule has 0 aliphatic rings. The third-order valence-corrected chi connectivity index (χ3v) is 9.76. The maximum atomic E-state index is 6.10. The lowest BCUT2D eigenvalue weighted by atomic mass is 10.6. The van der Waals surface area contributed by atoms with Gasteiger partial charge in [0.05, 0.1) is 0 Å². The van der Waals surface area contributed by atoms with Gasteiger partial charge < -0.3 is 4.12 Å². The molecule has 71 valence electrons. The van der Waals surface area contributed by atoms with Crippen molar-refractivity contribution in [2.45, 2.75) is 43.8 Å². The fourth-order valence-corrected chi connectivity index (χ4v) is 9.87. The van der Waals surface area contributed by atoms with Crippen LogP contribution in [-0.2, 0) is 4.12 Å². The van der Waals surface area contributed by atoms with Crippen molar-refractivity contribution < 1.29 is 4.12 Å². The molecule has 0 aromatic heterocycles. The van der Waals surface area contributed by atoms with Gasteiger partial charge >= 0.3 is 0 Å². The summed E-state index contributed by atoms with van der Waals surface area (Å²) >= 11 is 0. The molecular weight excluding hydrogens is 212 g/mol. The summed E-state index contributed by atoms with van der Waals surface area (Å²) < 4.78 is 6.10. The Balaban J connectivity index is 3.78. The van der Waals surface area contributed by atoms with E-state index in [1.54, 1.807) is 0 Å². The van der Waals surface area contributed by atoms with Crippen LogP contribution in [0.25, 0.3) is 0 Å². The molecule has 3 radical (unpaired) electrons. The van der Waals surface area contributed by atoms with Gasteiger partial charge in [0, 0.05) is 20.5 Å². The van der Waals surface area contributed by atoms with E-state index in [2.05, 4.69) is 36.4 Å². The molecule has 0 saturated heterocycles. The summed E-state index contributed by atoms with van der Waals surface area (Å²) in [6, 6.07) is 1.39. The van der Waals surface area contributed by atoms with E-state index in [9.17, 15) is 0 Å². The minimum atomic E-state index is -1.27. The highest BCUT2D eigenvalue weighted by atomic mass is 28.4. The first-order chi connectivity index (χ1) is 5.37. The minimum absolute atomic E-state index is 0.689. The van der Waals surface area contributed by atoms with Gasteiger partial charge in [-0.05, 0) is 31.4 Å². The molecule has 0 aliphatic carbocycles. The Morgan fingerprint density at radius 3 is 2.33 bits per heavy atom. The highest BCUT2D eigenvalue weighted by molar-refractivity contribution is 6.79. The number of hydrogen-bond donors (Lipinski definition) is 0. The standard InChI is InChI=1S/C7H21OSi4/c1-11(7(10)5-6-9)8-12(2,3)4/h7,11H,5-6H2,1-4,9H3. The third kappa shape index (κ3) is 6.36. The third-order valence-electron chi connectivity index (χ3n) is 1.71. The predicted molar refractivity (Wildman–Crippen MR) is 66.3 cm³/mol. The van der Waals surface area contributed by atoms with Crippen LogP contribution in [-0.4, -0.2) is 37.8 Å². The SMILES string of the molecule is C[SiH](O[Si](C)(C)C)C([Si])CC[SiH3]. The van der Waals surface area contributed by atoms with Crippen molar-refractivity contribution in [3.05, 3.63) is 0 Å². The van der Waals surface area contributed by atoms with Gasteiger partial charge in [0.25, 0.3) is 0 Å². The van der Waals surface area contributed by atoms with Crippen LogP contribution in [0.5, 0.6) is 0 Å². The molecule has 0 saturated carbocycles. The monoisotopic (exact) mass is 233 g/mol.